The van der Waals surface area contributed by atoms with Crippen molar-refractivity contribution in [3.05, 3.63) is 0 Å². The van der Waals surface area contributed by atoms with Crippen molar-refractivity contribution in [1.82, 2.24) is 10.2 Å². The Morgan fingerprint density at radius 1 is 1.11 bits per heavy atom. The lowest BCUT2D eigenvalue weighted by atomic mass is 10.0. The van der Waals surface area contributed by atoms with Gasteiger partial charge in [-0.1, -0.05) is 19.8 Å². The van der Waals surface area contributed by atoms with E-state index in [0.717, 1.165) is 12.0 Å². The highest BCUT2D eigenvalue weighted by molar-refractivity contribution is 4.73. The summed E-state index contributed by atoms with van der Waals surface area (Å²) in [5, 5.41) is 3.77. The van der Waals surface area contributed by atoms with Crippen molar-refractivity contribution in [1.29, 1.82) is 0 Å². The van der Waals surface area contributed by atoms with E-state index in [0.29, 0.717) is 6.04 Å². The zero-order chi connectivity index (χ0) is 13.4. The molecule has 0 amide bonds. The SMILES string of the molecule is CC1CCCC(NCCCCN(C)C(C)C)CC1. The third kappa shape index (κ3) is 6.75. The van der Waals surface area contributed by atoms with E-state index >= 15 is 0 Å². The Labute approximate surface area is 115 Å². The Kier molecular flexibility index (Phi) is 7.92. The number of nitrogens with zero attached hydrogens (tertiary/aromatic N) is 1. The summed E-state index contributed by atoms with van der Waals surface area (Å²) < 4.78 is 0. The van der Waals surface area contributed by atoms with Crippen LogP contribution in [0.2, 0.25) is 0 Å². The highest BCUT2D eigenvalue weighted by atomic mass is 15.1. The van der Waals surface area contributed by atoms with E-state index in [2.05, 4.69) is 38.0 Å². The van der Waals surface area contributed by atoms with Gasteiger partial charge in [0.05, 0.1) is 0 Å². The van der Waals surface area contributed by atoms with Crippen LogP contribution in [0.5, 0.6) is 0 Å². The van der Waals surface area contributed by atoms with Crippen LogP contribution in [0.4, 0.5) is 0 Å². The van der Waals surface area contributed by atoms with E-state index < -0.39 is 0 Å². The summed E-state index contributed by atoms with van der Waals surface area (Å²) in [6.07, 6.45) is 9.73. The molecule has 1 saturated carbocycles. The fraction of sp³-hybridized carbons (Fsp3) is 1.00. The number of unbranched alkanes of at least 4 members (excludes halogenated alkanes) is 1. The summed E-state index contributed by atoms with van der Waals surface area (Å²) >= 11 is 0. The van der Waals surface area contributed by atoms with Crippen LogP contribution in [-0.4, -0.2) is 37.1 Å². The highest BCUT2D eigenvalue weighted by Crippen LogP contribution is 2.22. The Hall–Kier alpha value is -0.0800. The first-order valence-electron chi connectivity index (χ1n) is 8.03. The average Bonchev–Trinajstić information content (AvgIpc) is 2.53. The molecule has 0 aromatic heterocycles. The second-order valence-electron chi connectivity index (χ2n) is 6.55. The highest BCUT2D eigenvalue weighted by Gasteiger charge is 2.15. The number of hydrogen-bond donors (Lipinski definition) is 1. The average molecular weight is 254 g/mol. The first-order chi connectivity index (χ1) is 8.59. The summed E-state index contributed by atoms with van der Waals surface area (Å²) in [6.45, 7) is 9.39. The summed E-state index contributed by atoms with van der Waals surface area (Å²) in [4.78, 5) is 2.44. The lowest BCUT2D eigenvalue weighted by Gasteiger charge is -2.21. The second-order valence-corrected chi connectivity index (χ2v) is 6.55. The van der Waals surface area contributed by atoms with Gasteiger partial charge < -0.3 is 10.2 Å². The molecule has 0 radical (unpaired) electrons. The summed E-state index contributed by atoms with van der Waals surface area (Å²) in [7, 11) is 2.23. The molecule has 2 unspecified atom stereocenters. The monoisotopic (exact) mass is 254 g/mol. The molecule has 0 aliphatic heterocycles. The third-order valence-corrected chi connectivity index (χ3v) is 4.51. The van der Waals surface area contributed by atoms with E-state index in [9.17, 15) is 0 Å². The maximum absolute atomic E-state index is 3.77. The first-order valence-corrected chi connectivity index (χ1v) is 8.03. The summed E-state index contributed by atoms with van der Waals surface area (Å²) in [5.41, 5.74) is 0. The number of nitrogens with one attached hydrogen (secondary N) is 1. The van der Waals surface area contributed by atoms with Gasteiger partial charge in [0.1, 0.15) is 0 Å². The largest absolute Gasteiger partial charge is 0.314 e. The van der Waals surface area contributed by atoms with E-state index in [-0.39, 0.29) is 0 Å². The van der Waals surface area contributed by atoms with Crippen molar-refractivity contribution in [2.75, 3.05) is 20.1 Å². The van der Waals surface area contributed by atoms with Gasteiger partial charge in [-0.15, -0.1) is 0 Å². The minimum Gasteiger partial charge on any atom is -0.314 e. The van der Waals surface area contributed by atoms with Crippen molar-refractivity contribution in [2.24, 2.45) is 5.92 Å². The zero-order valence-corrected chi connectivity index (χ0v) is 13.0. The van der Waals surface area contributed by atoms with Crippen LogP contribution in [0.25, 0.3) is 0 Å². The van der Waals surface area contributed by atoms with Gasteiger partial charge in [-0.2, -0.15) is 0 Å². The van der Waals surface area contributed by atoms with Crippen LogP contribution in [0, 0.1) is 5.92 Å². The van der Waals surface area contributed by atoms with E-state index in [1.54, 1.807) is 0 Å². The molecule has 2 nitrogen and oxygen atoms in total. The van der Waals surface area contributed by atoms with E-state index in [4.69, 9.17) is 0 Å². The zero-order valence-electron chi connectivity index (χ0n) is 13.0. The van der Waals surface area contributed by atoms with E-state index in [1.807, 2.05) is 0 Å². The lowest BCUT2D eigenvalue weighted by Crippen LogP contribution is -2.31. The third-order valence-electron chi connectivity index (χ3n) is 4.51. The van der Waals surface area contributed by atoms with Crippen LogP contribution in [0.3, 0.4) is 0 Å². The summed E-state index contributed by atoms with van der Waals surface area (Å²) in [6, 6.07) is 1.49. The van der Waals surface area contributed by atoms with Gasteiger partial charge in [0.15, 0.2) is 0 Å². The Morgan fingerprint density at radius 3 is 2.61 bits per heavy atom. The van der Waals surface area contributed by atoms with Gasteiger partial charge in [0.2, 0.25) is 0 Å². The number of rotatable bonds is 7. The molecular formula is C16H34N2. The van der Waals surface area contributed by atoms with E-state index in [1.165, 1.54) is 58.0 Å². The fourth-order valence-electron chi connectivity index (χ4n) is 2.74. The number of hydrogen-bond acceptors (Lipinski definition) is 2. The predicted molar refractivity (Wildman–Crippen MR) is 81.0 cm³/mol. The van der Waals surface area contributed by atoms with Gasteiger partial charge in [0, 0.05) is 12.1 Å². The normalized spacial score (nSPS) is 25.7. The maximum Gasteiger partial charge on any atom is 0.00671 e. The van der Waals surface area contributed by atoms with Crippen LogP contribution in [-0.2, 0) is 0 Å². The minimum absolute atomic E-state index is 0.682. The van der Waals surface area contributed by atoms with Crippen molar-refractivity contribution in [3.63, 3.8) is 0 Å². The summed E-state index contributed by atoms with van der Waals surface area (Å²) in [5.74, 6) is 0.955. The smallest absolute Gasteiger partial charge is 0.00671 e. The van der Waals surface area contributed by atoms with Crippen molar-refractivity contribution in [2.45, 2.75) is 77.8 Å². The molecule has 0 heterocycles. The van der Waals surface area contributed by atoms with Gasteiger partial charge in [-0.3, -0.25) is 0 Å². The molecule has 1 aliphatic rings. The molecule has 0 saturated heterocycles. The van der Waals surface area contributed by atoms with Crippen LogP contribution >= 0.6 is 0 Å². The quantitative estimate of drug-likeness (QED) is 0.551. The van der Waals surface area contributed by atoms with Gasteiger partial charge in [0.25, 0.3) is 0 Å². The molecule has 108 valence electrons. The van der Waals surface area contributed by atoms with Crippen molar-refractivity contribution < 1.29 is 0 Å². The van der Waals surface area contributed by atoms with Crippen LogP contribution < -0.4 is 5.32 Å². The molecular weight excluding hydrogens is 220 g/mol. The molecule has 2 heteroatoms. The fourth-order valence-corrected chi connectivity index (χ4v) is 2.74. The molecule has 1 N–H and O–H groups in total. The Morgan fingerprint density at radius 2 is 1.89 bits per heavy atom. The molecule has 1 aliphatic carbocycles. The molecule has 2 atom stereocenters. The topological polar surface area (TPSA) is 15.3 Å². The molecule has 0 bridgehead atoms. The standard InChI is InChI=1S/C16H34N2/c1-14(2)18(4)13-6-5-12-17-16-9-7-8-15(3)10-11-16/h14-17H,5-13H2,1-4H3. The molecule has 1 fully saturated rings. The van der Waals surface area contributed by atoms with Crippen molar-refractivity contribution in [3.8, 4) is 0 Å². The predicted octanol–water partition coefficient (Wildman–Crippen LogP) is 3.67. The molecule has 1 rings (SSSR count). The maximum atomic E-state index is 3.77. The van der Waals surface area contributed by atoms with Gasteiger partial charge in [-0.05, 0) is 72.0 Å². The van der Waals surface area contributed by atoms with Gasteiger partial charge >= 0.3 is 0 Å². The molecule has 0 spiro atoms. The molecule has 18 heavy (non-hydrogen) atoms. The van der Waals surface area contributed by atoms with Gasteiger partial charge in [-0.25, -0.2) is 0 Å². The van der Waals surface area contributed by atoms with Crippen LogP contribution in [0.1, 0.15) is 65.7 Å². The Bertz CT molecular complexity index is 203. The lowest BCUT2D eigenvalue weighted by molar-refractivity contribution is 0.267. The van der Waals surface area contributed by atoms with Crippen molar-refractivity contribution >= 4 is 0 Å². The minimum atomic E-state index is 0.682. The Balaban J connectivity index is 2.00. The molecule has 0 aromatic rings. The first kappa shape index (κ1) is 16.0. The molecule has 0 aromatic carbocycles. The second kappa shape index (κ2) is 8.92. The van der Waals surface area contributed by atoms with Crippen LogP contribution in [0.15, 0.2) is 0 Å².